The summed E-state index contributed by atoms with van der Waals surface area (Å²) in [6, 6.07) is 10.1. The first-order valence-electron chi connectivity index (χ1n) is 4.68. The molecule has 0 unspecified atom stereocenters. The van der Waals surface area contributed by atoms with Gasteiger partial charge in [-0.25, -0.2) is 0 Å². The maximum atomic E-state index is 4.33. The Morgan fingerprint density at radius 3 is 2.75 bits per heavy atom. The molecule has 3 rings (SSSR count). The Balaban J connectivity index is 2.31. The minimum Gasteiger partial charge on any atom is -0.256 e. The Bertz CT molecular complexity index is 645. The summed E-state index contributed by atoms with van der Waals surface area (Å²) >= 11 is 3.77. The van der Waals surface area contributed by atoms with Gasteiger partial charge in [0, 0.05) is 17.1 Å². The minimum atomic E-state index is 0.947. The summed E-state index contributed by atoms with van der Waals surface area (Å²) in [7, 11) is 0. The van der Waals surface area contributed by atoms with Crippen molar-refractivity contribution in [1.29, 1.82) is 0 Å². The van der Waals surface area contributed by atoms with Gasteiger partial charge >= 0.3 is 0 Å². The topological polar surface area (TPSA) is 38.7 Å². The number of nitrogens with zero attached hydrogens (tertiary/aromatic N) is 3. The summed E-state index contributed by atoms with van der Waals surface area (Å²) in [6.07, 6.45) is 1.81. The number of hydrogen-bond donors (Lipinski definition) is 0. The molecule has 0 aliphatic heterocycles. The quantitative estimate of drug-likeness (QED) is 0.638. The fraction of sp³-hybridized carbons (Fsp3) is 0. The van der Waals surface area contributed by atoms with E-state index in [2.05, 4.69) is 43.8 Å². The fourth-order valence-corrected chi connectivity index (χ4v) is 2.94. The Labute approximate surface area is 110 Å². The predicted octanol–water partition coefficient (Wildman–Crippen LogP) is 3.36. The lowest BCUT2D eigenvalue weighted by molar-refractivity contribution is 1.07. The zero-order valence-electron chi connectivity index (χ0n) is 8.09. The number of para-hydroxylation sites is 1. The van der Waals surface area contributed by atoms with E-state index in [0.29, 0.717) is 0 Å². The lowest BCUT2D eigenvalue weighted by atomic mass is 10.1. The van der Waals surface area contributed by atoms with Gasteiger partial charge < -0.3 is 0 Å². The van der Waals surface area contributed by atoms with Crippen molar-refractivity contribution in [2.24, 2.45) is 0 Å². The van der Waals surface area contributed by atoms with Crippen LogP contribution in [0.25, 0.3) is 21.5 Å². The van der Waals surface area contributed by atoms with Crippen molar-refractivity contribution in [2.45, 2.75) is 0 Å². The molecule has 5 heteroatoms. The molecular weight excluding hydrogens is 333 g/mol. The van der Waals surface area contributed by atoms with Crippen LogP contribution < -0.4 is 0 Å². The average molecular weight is 339 g/mol. The van der Waals surface area contributed by atoms with E-state index in [1.165, 1.54) is 0 Å². The Morgan fingerprint density at radius 2 is 1.94 bits per heavy atom. The molecule has 3 nitrogen and oxygen atoms in total. The van der Waals surface area contributed by atoms with Gasteiger partial charge in [-0.15, -0.1) is 10.2 Å². The Kier molecular flexibility index (Phi) is 2.56. The number of pyridine rings is 1. The second kappa shape index (κ2) is 4.06. The first kappa shape index (κ1) is 10.1. The molecule has 0 bridgehead atoms. The molecule has 2 aromatic heterocycles. The first-order chi connectivity index (χ1) is 7.84. The molecule has 0 atom stereocenters. The van der Waals surface area contributed by atoms with Crippen LogP contribution in [-0.2, 0) is 0 Å². The molecular formula is C11H6IN3S. The van der Waals surface area contributed by atoms with Crippen LogP contribution >= 0.6 is 33.9 Å². The summed E-state index contributed by atoms with van der Waals surface area (Å²) in [4.78, 5) is 4.33. The van der Waals surface area contributed by atoms with E-state index >= 15 is 0 Å². The normalized spacial score (nSPS) is 10.8. The van der Waals surface area contributed by atoms with E-state index in [0.717, 1.165) is 24.5 Å². The average Bonchev–Trinajstić information content (AvgIpc) is 2.75. The summed E-state index contributed by atoms with van der Waals surface area (Å²) in [5.74, 6) is 0. The van der Waals surface area contributed by atoms with Gasteiger partial charge in [0.25, 0.3) is 0 Å². The third kappa shape index (κ3) is 1.69. The third-order valence-electron chi connectivity index (χ3n) is 2.28. The van der Waals surface area contributed by atoms with E-state index in [1.807, 2.05) is 30.5 Å². The van der Waals surface area contributed by atoms with Crippen LogP contribution in [0.2, 0.25) is 0 Å². The van der Waals surface area contributed by atoms with Crippen molar-refractivity contribution in [1.82, 2.24) is 15.2 Å². The van der Waals surface area contributed by atoms with Gasteiger partial charge in [-0.2, -0.15) is 0 Å². The highest BCUT2D eigenvalue weighted by molar-refractivity contribution is 14.1. The lowest BCUT2D eigenvalue weighted by Gasteiger charge is -2.01. The molecule has 0 spiro atoms. The molecule has 16 heavy (non-hydrogen) atoms. The molecule has 0 saturated heterocycles. The van der Waals surface area contributed by atoms with Crippen LogP contribution in [0.5, 0.6) is 0 Å². The molecule has 0 saturated carbocycles. The minimum absolute atomic E-state index is 0.947. The number of aromatic nitrogens is 3. The SMILES string of the molecule is Ic1nnc(-c2ccnc3ccccc23)s1. The van der Waals surface area contributed by atoms with Gasteiger partial charge in [-0.1, -0.05) is 29.5 Å². The predicted molar refractivity (Wildman–Crippen MR) is 73.4 cm³/mol. The highest BCUT2D eigenvalue weighted by Crippen LogP contribution is 2.29. The van der Waals surface area contributed by atoms with E-state index in [1.54, 1.807) is 11.3 Å². The monoisotopic (exact) mass is 339 g/mol. The van der Waals surface area contributed by atoms with Crippen molar-refractivity contribution in [2.75, 3.05) is 0 Å². The highest BCUT2D eigenvalue weighted by Gasteiger charge is 2.08. The molecule has 2 heterocycles. The zero-order chi connectivity index (χ0) is 11.0. The van der Waals surface area contributed by atoms with Crippen molar-refractivity contribution < 1.29 is 0 Å². The van der Waals surface area contributed by atoms with E-state index in [9.17, 15) is 0 Å². The van der Waals surface area contributed by atoms with Gasteiger partial charge in [-0.05, 0) is 34.7 Å². The summed E-state index contributed by atoms with van der Waals surface area (Å²) < 4.78 is 0.952. The van der Waals surface area contributed by atoms with Crippen LogP contribution in [0.15, 0.2) is 36.5 Å². The van der Waals surface area contributed by atoms with Gasteiger partial charge in [0.05, 0.1) is 5.52 Å². The van der Waals surface area contributed by atoms with E-state index < -0.39 is 0 Å². The summed E-state index contributed by atoms with van der Waals surface area (Å²) in [5.41, 5.74) is 2.09. The number of fused-ring (bicyclic) bond motifs is 1. The second-order valence-electron chi connectivity index (χ2n) is 3.24. The third-order valence-corrected chi connectivity index (χ3v) is 3.90. The Morgan fingerprint density at radius 1 is 1.06 bits per heavy atom. The molecule has 0 N–H and O–H groups in total. The van der Waals surface area contributed by atoms with Crippen LogP contribution in [0.1, 0.15) is 0 Å². The standard InChI is InChI=1S/C11H6IN3S/c12-11-15-14-10(16-11)8-5-6-13-9-4-2-1-3-7(8)9/h1-6H. The molecule has 3 aromatic rings. The smallest absolute Gasteiger partial charge is 0.178 e. The molecule has 0 aliphatic carbocycles. The van der Waals surface area contributed by atoms with Gasteiger partial charge in [0.1, 0.15) is 5.01 Å². The van der Waals surface area contributed by atoms with Crippen molar-refractivity contribution >= 4 is 44.8 Å². The lowest BCUT2D eigenvalue weighted by Crippen LogP contribution is -1.83. The van der Waals surface area contributed by atoms with Crippen LogP contribution in [0.4, 0.5) is 0 Å². The molecule has 0 radical (unpaired) electrons. The second-order valence-corrected chi connectivity index (χ2v) is 5.97. The van der Waals surface area contributed by atoms with Crippen LogP contribution in [-0.4, -0.2) is 15.2 Å². The largest absolute Gasteiger partial charge is 0.256 e. The van der Waals surface area contributed by atoms with Crippen molar-refractivity contribution in [3.63, 3.8) is 0 Å². The van der Waals surface area contributed by atoms with Gasteiger partial charge in [0.15, 0.2) is 3.01 Å². The molecule has 78 valence electrons. The van der Waals surface area contributed by atoms with Crippen LogP contribution in [0, 0.1) is 3.01 Å². The van der Waals surface area contributed by atoms with E-state index in [-0.39, 0.29) is 0 Å². The van der Waals surface area contributed by atoms with Crippen molar-refractivity contribution in [3.8, 4) is 10.6 Å². The number of rotatable bonds is 1. The summed E-state index contributed by atoms with van der Waals surface area (Å²) in [5, 5.41) is 10.3. The highest BCUT2D eigenvalue weighted by atomic mass is 127. The molecule has 0 fully saturated rings. The number of benzene rings is 1. The number of halogens is 1. The number of hydrogen-bond acceptors (Lipinski definition) is 4. The summed E-state index contributed by atoms with van der Waals surface area (Å²) in [6.45, 7) is 0. The van der Waals surface area contributed by atoms with Crippen LogP contribution in [0.3, 0.4) is 0 Å². The first-order valence-corrected chi connectivity index (χ1v) is 6.57. The maximum Gasteiger partial charge on any atom is 0.178 e. The molecule has 1 aromatic carbocycles. The van der Waals surface area contributed by atoms with Gasteiger partial charge in [-0.3, -0.25) is 4.98 Å². The van der Waals surface area contributed by atoms with Crippen molar-refractivity contribution in [3.05, 3.63) is 39.5 Å². The van der Waals surface area contributed by atoms with Gasteiger partial charge in [0.2, 0.25) is 0 Å². The Hall–Kier alpha value is -1.08. The molecule has 0 amide bonds. The van der Waals surface area contributed by atoms with E-state index in [4.69, 9.17) is 0 Å². The maximum absolute atomic E-state index is 4.33. The molecule has 0 aliphatic rings. The zero-order valence-corrected chi connectivity index (χ0v) is 11.1. The fourth-order valence-electron chi connectivity index (χ4n) is 1.60.